The van der Waals surface area contributed by atoms with Crippen LogP contribution < -0.4 is 0 Å². The molecule has 0 aliphatic rings. The summed E-state index contributed by atoms with van der Waals surface area (Å²) >= 11 is 5.64. The molecular formula is C21H39ClO4. The molecule has 0 bridgehead atoms. The third kappa shape index (κ3) is 19.6. The van der Waals surface area contributed by atoms with Gasteiger partial charge in [-0.05, 0) is 19.3 Å². The van der Waals surface area contributed by atoms with E-state index in [0.717, 1.165) is 38.0 Å². The van der Waals surface area contributed by atoms with Gasteiger partial charge in [0.15, 0.2) is 0 Å². The Bertz CT molecular complexity index is 334. The minimum atomic E-state index is -0.300. The molecule has 0 fully saturated rings. The molecule has 5 heteroatoms. The van der Waals surface area contributed by atoms with E-state index in [4.69, 9.17) is 21.1 Å². The highest BCUT2D eigenvalue weighted by molar-refractivity contribution is 6.17. The van der Waals surface area contributed by atoms with E-state index in [0.29, 0.717) is 13.2 Å². The van der Waals surface area contributed by atoms with Crippen molar-refractivity contribution < 1.29 is 19.1 Å². The molecule has 0 aromatic carbocycles. The standard InChI is InChI=1S/C21H39ClO4/c1-2-3-4-10-13-18-25-20(23)15-16-21(24)26-19-14-11-8-6-5-7-9-12-17-22/h2-19H2,1H3. The molecule has 0 unspecified atom stereocenters. The second kappa shape index (κ2) is 20.5. The zero-order valence-corrected chi connectivity index (χ0v) is 17.5. The number of esters is 2. The van der Waals surface area contributed by atoms with Crippen LogP contribution in [0.25, 0.3) is 0 Å². The summed E-state index contributed by atoms with van der Waals surface area (Å²) in [6, 6.07) is 0. The summed E-state index contributed by atoms with van der Waals surface area (Å²) in [6.45, 7) is 3.09. The van der Waals surface area contributed by atoms with Gasteiger partial charge in [0, 0.05) is 5.88 Å². The van der Waals surface area contributed by atoms with Gasteiger partial charge in [0.1, 0.15) is 0 Å². The number of halogens is 1. The Morgan fingerprint density at radius 2 is 1.00 bits per heavy atom. The molecule has 0 radical (unpaired) electrons. The largest absolute Gasteiger partial charge is 0.466 e. The van der Waals surface area contributed by atoms with Gasteiger partial charge >= 0.3 is 11.9 Å². The van der Waals surface area contributed by atoms with E-state index < -0.39 is 0 Å². The molecule has 0 heterocycles. The van der Waals surface area contributed by atoms with Gasteiger partial charge in [-0.15, -0.1) is 11.6 Å². The third-order valence-electron chi connectivity index (χ3n) is 4.34. The highest BCUT2D eigenvalue weighted by Crippen LogP contribution is 2.09. The highest BCUT2D eigenvalue weighted by atomic mass is 35.5. The van der Waals surface area contributed by atoms with Crippen molar-refractivity contribution in [2.75, 3.05) is 19.1 Å². The lowest BCUT2D eigenvalue weighted by molar-refractivity contribution is -0.150. The van der Waals surface area contributed by atoms with Gasteiger partial charge in [-0.3, -0.25) is 9.59 Å². The SMILES string of the molecule is CCCCCCCOC(=O)CCC(=O)OCCCCCCCCCCCl. The van der Waals surface area contributed by atoms with Crippen LogP contribution in [0.2, 0.25) is 0 Å². The molecule has 0 aliphatic heterocycles. The molecule has 0 rings (SSSR count). The molecule has 0 N–H and O–H groups in total. The summed E-state index contributed by atoms with van der Waals surface area (Å²) in [7, 11) is 0. The van der Waals surface area contributed by atoms with Gasteiger partial charge in [-0.2, -0.15) is 0 Å². The smallest absolute Gasteiger partial charge is 0.306 e. The summed E-state index contributed by atoms with van der Waals surface area (Å²) in [5.41, 5.74) is 0. The summed E-state index contributed by atoms with van der Waals surface area (Å²) in [5.74, 6) is 0.167. The normalized spacial score (nSPS) is 10.7. The fraction of sp³-hybridized carbons (Fsp3) is 0.905. The summed E-state index contributed by atoms with van der Waals surface area (Å²) < 4.78 is 10.3. The Kier molecular flexibility index (Phi) is 19.9. The van der Waals surface area contributed by atoms with Crippen LogP contribution in [0.4, 0.5) is 0 Å². The Morgan fingerprint density at radius 1 is 0.615 bits per heavy atom. The van der Waals surface area contributed by atoms with Gasteiger partial charge in [0.2, 0.25) is 0 Å². The van der Waals surface area contributed by atoms with Crippen molar-refractivity contribution >= 4 is 23.5 Å². The van der Waals surface area contributed by atoms with Crippen molar-refractivity contribution in [3.8, 4) is 0 Å². The second-order valence-electron chi connectivity index (χ2n) is 6.87. The highest BCUT2D eigenvalue weighted by Gasteiger charge is 2.08. The molecule has 0 amide bonds. The maximum atomic E-state index is 11.6. The first-order valence-electron chi connectivity index (χ1n) is 10.6. The van der Waals surface area contributed by atoms with E-state index in [-0.39, 0.29) is 24.8 Å². The topological polar surface area (TPSA) is 52.6 Å². The van der Waals surface area contributed by atoms with E-state index in [2.05, 4.69) is 6.92 Å². The Balaban J connectivity index is 3.31. The average molecular weight is 391 g/mol. The lowest BCUT2D eigenvalue weighted by atomic mass is 10.1. The number of carbonyl (C=O) groups is 2. The maximum absolute atomic E-state index is 11.6. The number of hydrogen-bond donors (Lipinski definition) is 0. The molecule has 4 nitrogen and oxygen atoms in total. The van der Waals surface area contributed by atoms with Crippen molar-refractivity contribution in [2.45, 2.75) is 103 Å². The molecule has 0 saturated heterocycles. The van der Waals surface area contributed by atoms with E-state index >= 15 is 0 Å². The molecule has 0 aliphatic carbocycles. The third-order valence-corrected chi connectivity index (χ3v) is 4.60. The Hall–Kier alpha value is -0.770. The second-order valence-corrected chi connectivity index (χ2v) is 7.25. The van der Waals surface area contributed by atoms with Crippen molar-refractivity contribution in [3.05, 3.63) is 0 Å². The van der Waals surface area contributed by atoms with Crippen LogP contribution in [0.15, 0.2) is 0 Å². The molecule has 0 aromatic heterocycles. The molecule has 0 atom stereocenters. The van der Waals surface area contributed by atoms with Crippen LogP contribution in [0.1, 0.15) is 103 Å². The monoisotopic (exact) mass is 390 g/mol. The molecular weight excluding hydrogens is 352 g/mol. The van der Waals surface area contributed by atoms with Crippen LogP contribution >= 0.6 is 11.6 Å². The number of ether oxygens (including phenoxy) is 2. The molecule has 0 saturated carbocycles. The Labute approximate surface area is 165 Å². The van der Waals surface area contributed by atoms with Crippen molar-refractivity contribution in [2.24, 2.45) is 0 Å². The number of carbonyl (C=O) groups excluding carboxylic acids is 2. The predicted molar refractivity (Wildman–Crippen MR) is 108 cm³/mol. The molecule has 26 heavy (non-hydrogen) atoms. The number of rotatable bonds is 19. The Morgan fingerprint density at radius 3 is 1.42 bits per heavy atom. The minimum absolute atomic E-state index is 0.120. The first-order valence-corrected chi connectivity index (χ1v) is 11.1. The van der Waals surface area contributed by atoms with Gasteiger partial charge in [-0.25, -0.2) is 0 Å². The van der Waals surface area contributed by atoms with Gasteiger partial charge in [-0.1, -0.05) is 71.1 Å². The quantitative estimate of drug-likeness (QED) is 0.150. The van der Waals surface area contributed by atoms with E-state index in [1.54, 1.807) is 0 Å². The van der Waals surface area contributed by atoms with Crippen LogP contribution in [-0.4, -0.2) is 31.0 Å². The van der Waals surface area contributed by atoms with Gasteiger partial charge in [0.05, 0.1) is 26.1 Å². The molecule has 0 aromatic rings. The van der Waals surface area contributed by atoms with E-state index in [9.17, 15) is 9.59 Å². The minimum Gasteiger partial charge on any atom is -0.466 e. The van der Waals surface area contributed by atoms with E-state index in [1.807, 2.05) is 0 Å². The van der Waals surface area contributed by atoms with Crippen molar-refractivity contribution in [3.63, 3.8) is 0 Å². The van der Waals surface area contributed by atoms with Crippen LogP contribution in [0, 0.1) is 0 Å². The number of hydrogen-bond acceptors (Lipinski definition) is 4. The average Bonchev–Trinajstić information content (AvgIpc) is 2.64. The van der Waals surface area contributed by atoms with Crippen molar-refractivity contribution in [1.29, 1.82) is 0 Å². The van der Waals surface area contributed by atoms with Crippen LogP contribution in [-0.2, 0) is 19.1 Å². The zero-order valence-electron chi connectivity index (χ0n) is 16.7. The van der Waals surface area contributed by atoms with Crippen LogP contribution in [0.5, 0.6) is 0 Å². The van der Waals surface area contributed by atoms with Crippen molar-refractivity contribution in [1.82, 2.24) is 0 Å². The zero-order chi connectivity index (χ0) is 19.3. The lowest BCUT2D eigenvalue weighted by Crippen LogP contribution is -2.11. The maximum Gasteiger partial charge on any atom is 0.306 e. The fourth-order valence-corrected chi connectivity index (χ4v) is 2.87. The lowest BCUT2D eigenvalue weighted by Gasteiger charge is -2.06. The number of unbranched alkanes of at least 4 members (excludes halogenated alkanes) is 11. The molecule has 0 spiro atoms. The van der Waals surface area contributed by atoms with Crippen LogP contribution in [0.3, 0.4) is 0 Å². The van der Waals surface area contributed by atoms with Gasteiger partial charge < -0.3 is 9.47 Å². The molecule has 154 valence electrons. The first kappa shape index (κ1) is 25.2. The number of alkyl halides is 1. The summed E-state index contributed by atoms with van der Waals surface area (Å²) in [4.78, 5) is 23.1. The summed E-state index contributed by atoms with van der Waals surface area (Å²) in [5, 5.41) is 0. The fourth-order valence-electron chi connectivity index (χ4n) is 2.68. The summed E-state index contributed by atoms with van der Waals surface area (Å²) in [6.07, 6.45) is 15.1. The van der Waals surface area contributed by atoms with Gasteiger partial charge in [0.25, 0.3) is 0 Å². The predicted octanol–water partition coefficient (Wildman–Crippen LogP) is 6.18. The van der Waals surface area contributed by atoms with E-state index in [1.165, 1.54) is 51.4 Å². The first-order chi connectivity index (χ1) is 12.7.